The van der Waals surface area contributed by atoms with Gasteiger partial charge in [-0.15, -0.1) is 0 Å². The van der Waals surface area contributed by atoms with Gasteiger partial charge in [-0.25, -0.2) is 0 Å². The highest BCUT2D eigenvalue weighted by Crippen LogP contribution is 2.13. The molecular weight excluding hydrogens is 310 g/mol. The van der Waals surface area contributed by atoms with E-state index in [-0.39, 0.29) is 0 Å². The number of hydrogen-bond acceptors (Lipinski definition) is 1. The molecule has 0 N–H and O–H groups in total. The number of quaternary nitrogens is 1. The molecule has 0 aliphatic rings. The first kappa shape index (κ1) is 24.1. The van der Waals surface area contributed by atoms with Crippen LogP contribution in [0.2, 0.25) is 6.04 Å². The second-order valence-electron chi connectivity index (χ2n) is 7.95. The normalized spacial score (nSPS) is 12.0. The maximum absolute atomic E-state index is 5.45. The van der Waals surface area contributed by atoms with Crippen LogP contribution in [0.4, 0.5) is 0 Å². The maximum Gasteiger partial charge on any atom is 0.229 e. The summed E-state index contributed by atoms with van der Waals surface area (Å²) in [5, 5.41) is 0. The highest BCUT2D eigenvalue weighted by molar-refractivity contribution is 6.26. The summed E-state index contributed by atoms with van der Waals surface area (Å²) >= 11 is 0. The van der Waals surface area contributed by atoms with Crippen molar-refractivity contribution in [1.82, 2.24) is 0 Å². The molecular formula is C21H46NOSi+. The lowest BCUT2D eigenvalue weighted by Crippen LogP contribution is -2.41. The van der Waals surface area contributed by atoms with Gasteiger partial charge in [-0.2, -0.15) is 0 Å². The van der Waals surface area contributed by atoms with Crippen LogP contribution >= 0.6 is 0 Å². The molecule has 0 fully saturated rings. The van der Waals surface area contributed by atoms with Crippen molar-refractivity contribution < 1.29 is 8.91 Å². The molecule has 0 amide bonds. The van der Waals surface area contributed by atoms with Crippen molar-refractivity contribution >= 4 is 9.76 Å². The molecule has 0 saturated carbocycles. The van der Waals surface area contributed by atoms with Gasteiger partial charge in [0.25, 0.3) is 0 Å². The van der Waals surface area contributed by atoms with Crippen LogP contribution in [0.25, 0.3) is 0 Å². The van der Waals surface area contributed by atoms with E-state index in [0.717, 1.165) is 6.61 Å². The van der Waals surface area contributed by atoms with Crippen LogP contribution in [0.15, 0.2) is 0 Å². The third kappa shape index (κ3) is 18.5. The lowest BCUT2D eigenvalue weighted by molar-refractivity contribution is -0.890. The Balaban J connectivity index is 3.27. The Hall–Kier alpha value is 0.137. The molecule has 2 nitrogen and oxygen atoms in total. The Labute approximate surface area is 156 Å². The summed E-state index contributed by atoms with van der Waals surface area (Å²) in [6.45, 7) is 7.90. The zero-order valence-electron chi connectivity index (χ0n) is 17.4. The zero-order chi connectivity index (χ0) is 17.9. The molecule has 0 saturated heterocycles. The predicted octanol–water partition coefficient (Wildman–Crippen LogP) is 6.23. The molecule has 24 heavy (non-hydrogen) atoms. The molecule has 0 atom stereocenters. The highest BCUT2D eigenvalue weighted by atomic mass is 28.2. The van der Waals surface area contributed by atoms with Gasteiger partial charge < -0.3 is 8.91 Å². The van der Waals surface area contributed by atoms with E-state index in [4.69, 9.17) is 4.43 Å². The minimum Gasteiger partial charge on any atom is -0.418 e. The average Bonchev–Trinajstić information content (AvgIpc) is 2.55. The summed E-state index contributed by atoms with van der Waals surface area (Å²) in [5.41, 5.74) is 0. The largest absolute Gasteiger partial charge is 0.418 e. The van der Waals surface area contributed by atoms with Gasteiger partial charge >= 0.3 is 0 Å². The molecule has 0 aliphatic carbocycles. The molecule has 0 aromatic rings. The quantitative estimate of drug-likeness (QED) is 0.151. The Kier molecular flexibility index (Phi) is 18.0. The van der Waals surface area contributed by atoms with Crippen molar-refractivity contribution in [2.24, 2.45) is 0 Å². The SMILES string of the molecule is CCCCCCCCCCCCCC[N+](C)(C)CCC[Si]OCC. The average molecular weight is 357 g/mol. The summed E-state index contributed by atoms with van der Waals surface area (Å²) in [4.78, 5) is 0. The van der Waals surface area contributed by atoms with Gasteiger partial charge in [-0.3, -0.25) is 0 Å². The Morgan fingerprint density at radius 1 is 0.625 bits per heavy atom. The summed E-state index contributed by atoms with van der Waals surface area (Å²) in [5.74, 6) is 0. The third-order valence-electron chi connectivity index (χ3n) is 4.91. The molecule has 0 unspecified atom stereocenters. The van der Waals surface area contributed by atoms with E-state index in [2.05, 4.69) is 27.9 Å². The van der Waals surface area contributed by atoms with E-state index in [9.17, 15) is 0 Å². The van der Waals surface area contributed by atoms with E-state index in [1.807, 2.05) is 0 Å². The highest BCUT2D eigenvalue weighted by Gasteiger charge is 2.13. The van der Waals surface area contributed by atoms with Gasteiger partial charge in [-0.1, -0.05) is 71.1 Å². The molecule has 3 heteroatoms. The van der Waals surface area contributed by atoms with E-state index < -0.39 is 0 Å². The molecule has 0 aliphatic heterocycles. The number of hydrogen-bond donors (Lipinski definition) is 0. The van der Waals surface area contributed by atoms with Crippen LogP contribution in [0.1, 0.15) is 97.3 Å². The Morgan fingerprint density at radius 2 is 1.08 bits per heavy atom. The van der Waals surface area contributed by atoms with E-state index in [1.54, 1.807) is 0 Å². The Morgan fingerprint density at radius 3 is 1.58 bits per heavy atom. The van der Waals surface area contributed by atoms with Crippen LogP contribution in [0.5, 0.6) is 0 Å². The van der Waals surface area contributed by atoms with Crippen molar-refractivity contribution in [3.05, 3.63) is 0 Å². The van der Waals surface area contributed by atoms with Crippen molar-refractivity contribution in [3.63, 3.8) is 0 Å². The standard InChI is InChI=1S/C21H46NOSi/c1-5-7-8-9-10-11-12-13-14-15-16-17-19-22(3,4)20-18-21-24-23-6-2/h5-21H2,1-4H3/q+1. The van der Waals surface area contributed by atoms with Gasteiger partial charge in [0.1, 0.15) is 0 Å². The van der Waals surface area contributed by atoms with Gasteiger partial charge in [0, 0.05) is 6.61 Å². The fourth-order valence-electron chi connectivity index (χ4n) is 3.25. The molecule has 2 radical (unpaired) electrons. The van der Waals surface area contributed by atoms with Gasteiger partial charge in [0.05, 0.1) is 27.2 Å². The van der Waals surface area contributed by atoms with Crippen molar-refractivity contribution in [1.29, 1.82) is 0 Å². The van der Waals surface area contributed by atoms with Crippen LogP contribution in [0.3, 0.4) is 0 Å². The van der Waals surface area contributed by atoms with Gasteiger partial charge in [0.15, 0.2) is 0 Å². The smallest absolute Gasteiger partial charge is 0.229 e. The fraction of sp³-hybridized carbons (Fsp3) is 1.00. The monoisotopic (exact) mass is 356 g/mol. The summed E-state index contributed by atoms with van der Waals surface area (Å²) in [7, 11) is 5.49. The minimum atomic E-state index is 0.709. The van der Waals surface area contributed by atoms with Crippen LogP contribution in [-0.4, -0.2) is 48.0 Å². The molecule has 0 heterocycles. The molecule has 144 valence electrons. The lowest BCUT2D eigenvalue weighted by atomic mass is 10.1. The van der Waals surface area contributed by atoms with E-state index >= 15 is 0 Å². The first-order chi connectivity index (χ1) is 11.6. The zero-order valence-corrected chi connectivity index (χ0v) is 18.4. The fourth-order valence-corrected chi connectivity index (χ4v) is 3.90. The molecule has 0 aromatic carbocycles. The Bertz CT molecular complexity index is 246. The van der Waals surface area contributed by atoms with Crippen molar-refractivity contribution in [2.45, 2.75) is 103 Å². The number of nitrogens with zero attached hydrogens (tertiary/aromatic N) is 1. The van der Waals surface area contributed by atoms with E-state index in [1.165, 1.54) is 107 Å². The first-order valence-electron chi connectivity index (χ1n) is 10.8. The van der Waals surface area contributed by atoms with Gasteiger partial charge in [0.2, 0.25) is 9.76 Å². The van der Waals surface area contributed by atoms with Crippen molar-refractivity contribution in [2.75, 3.05) is 33.8 Å². The second-order valence-corrected chi connectivity index (χ2v) is 9.03. The van der Waals surface area contributed by atoms with E-state index in [0.29, 0.717) is 9.76 Å². The summed E-state index contributed by atoms with van der Waals surface area (Å²) < 4.78 is 6.64. The lowest BCUT2D eigenvalue weighted by Gasteiger charge is -2.29. The molecule has 0 rings (SSSR count). The molecule has 0 bridgehead atoms. The first-order valence-corrected chi connectivity index (χ1v) is 11.9. The van der Waals surface area contributed by atoms with Crippen LogP contribution in [0, 0.1) is 0 Å². The number of rotatable bonds is 19. The molecule has 0 aromatic heterocycles. The van der Waals surface area contributed by atoms with Crippen LogP contribution in [-0.2, 0) is 4.43 Å². The summed E-state index contributed by atoms with van der Waals surface area (Å²) in [6, 6.07) is 1.24. The summed E-state index contributed by atoms with van der Waals surface area (Å²) in [6.07, 6.45) is 18.6. The predicted molar refractivity (Wildman–Crippen MR) is 110 cm³/mol. The third-order valence-corrected chi connectivity index (χ3v) is 5.96. The van der Waals surface area contributed by atoms with Crippen LogP contribution < -0.4 is 0 Å². The second kappa shape index (κ2) is 17.9. The molecule has 0 spiro atoms. The van der Waals surface area contributed by atoms with Crippen molar-refractivity contribution in [3.8, 4) is 0 Å². The maximum atomic E-state index is 5.45. The topological polar surface area (TPSA) is 9.23 Å². The number of unbranched alkanes of at least 4 members (excludes halogenated alkanes) is 11. The van der Waals surface area contributed by atoms with Gasteiger partial charge in [-0.05, 0) is 32.2 Å². The minimum absolute atomic E-state index is 0.709.